The fourth-order valence-electron chi connectivity index (χ4n) is 0.643. The molecule has 1 rings (SSSR count). The van der Waals surface area contributed by atoms with Gasteiger partial charge in [-0.3, -0.25) is 4.79 Å². The molecule has 1 heterocycles. The third kappa shape index (κ3) is 2.16. The SMILES string of the molecule is Cc1ccsc1/C=N/NC=O. The Morgan fingerprint density at radius 2 is 2.55 bits per heavy atom. The van der Waals surface area contributed by atoms with Crippen LogP contribution in [0.5, 0.6) is 0 Å². The molecule has 0 aromatic carbocycles. The van der Waals surface area contributed by atoms with E-state index in [1.54, 1.807) is 17.6 Å². The predicted molar refractivity (Wildman–Crippen MR) is 45.8 cm³/mol. The van der Waals surface area contributed by atoms with Gasteiger partial charge in [0.25, 0.3) is 0 Å². The fraction of sp³-hybridized carbons (Fsp3) is 0.143. The number of carbonyl (C=O) groups is 1. The molecule has 11 heavy (non-hydrogen) atoms. The summed E-state index contributed by atoms with van der Waals surface area (Å²) in [6, 6.07) is 2.01. The van der Waals surface area contributed by atoms with Gasteiger partial charge >= 0.3 is 0 Å². The molecule has 1 aromatic heterocycles. The molecular formula is C7H8N2OS. The molecule has 3 nitrogen and oxygen atoms in total. The lowest BCUT2D eigenvalue weighted by Gasteiger charge is -1.86. The molecule has 0 spiro atoms. The predicted octanol–water partition coefficient (Wildman–Crippen LogP) is 1.14. The molecule has 0 aliphatic heterocycles. The van der Waals surface area contributed by atoms with Gasteiger partial charge in [-0.15, -0.1) is 11.3 Å². The lowest BCUT2D eigenvalue weighted by atomic mass is 10.3. The zero-order valence-electron chi connectivity index (χ0n) is 6.07. The van der Waals surface area contributed by atoms with Gasteiger partial charge in [0, 0.05) is 4.88 Å². The largest absolute Gasteiger partial charge is 0.277 e. The van der Waals surface area contributed by atoms with E-state index in [0.717, 1.165) is 4.88 Å². The third-order valence-electron chi connectivity index (χ3n) is 1.21. The summed E-state index contributed by atoms with van der Waals surface area (Å²) in [6.45, 7) is 2.00. The Morgan fingerprint density at radius 1 is 1.73 bits per heavy atom. The van der Waals surface area contributed by atoms with E-state index in [2.05, 4.69) is 10.5 Å². The number of thiophene rings is 1. The van der Waals surface area contributed by atoms with Crippen molar-refractivity contribution in [2.45, 2.75) is 6.92 Å². The summed E-state index contributed by atoms with van der Waals surface area (Å²) in [5.74, 6) is 0. The summed E-state index contributed by atoms with van der Waals surface area (Å²) in [7, 11) is 0. The lowest BCUT2D eigenvalue weighted by molar-refractivity contribution is -0.109. The van der Waals surface area contributed by atoms with E-state index < -0.39 is 0 Å². The highest BCUT2D eigenvalue weighted by Crippen LogP contribution is 2.11. The smallest absolute Gasteiger partial charge is 0.227 e. The maximum absolute atomic E-state index is 9.80. The normalized spacial score (nSPS) is 10.3. The van der Waals surface area contributed by atoms with E-state index in [4.69, 9.17) is 0 Å². The van der Waals surface area contributed by atoms with Crippen LogP contribution >= 0.6 is 11.3 Å². The monoisotopic (exact) mass is 168 g/mol. The van der Waals surface area contributed by atoms with Gasteiger partial charge in [0.2, 0.25) is 6.41 Å². The first-order valence-corrected chi connectivity index (χ1v) is 3.99. The third-order valence-corrected chi connectivity index (χ3v) is 2.16. The second-order valence-electron chi connectivity index (χ2n) is 1.97. The minimum atomic E-state index is 0.541. The maximum Gasteiger partial charge on any atom is 0.227 e. The first-order chi connectivity index (χ1) is 5.34. The van der Waals surface area contributed by atoms with Gasteiger partial charge < -0.3 is 0 Å². The standard InChI is InChI=1S/C7H8N2OS/c1-6-2-3-11-7(6)4-8-9-5-10/h2-5H,1H3,(H,9,10)/b8-4+. The van der Waals surface area contributed by atoms with Crippen molar-refractivity contribution in [1.82, 2.24) is 5.43 Å². The highest BCUT2D eigenvalue weighted by atomic mass is 32.1. The summed E-state index contributed by atoms with van der Waals surface area (Å²) in [5.41, 5.74) is 3.38. The molecule has 0 radical (unpaired) electrons. The van der Waals surface area contributed by atoms with Crippen LogP contribution in [0.2, 0.25) is 0 Å². The average Bonchev–Trinajstić information content (AvgIpc) is 2.37. The fourth-order valence-corrected chi connectivity index (χ4v) is 1.43. The highest BCUT2D eigenvalue weighted by Gasteiger charge is 1.93. The zero-order chi connectivity index (χ0) is 8.10. The number of hydrogen-bond acceptors (Lipinski definition) is 3. The number of hydrogen-bond donors (Lipinski definition) is 1. The van der Waals surface area contributed by atoms with Crippen LogP contribution in [-0.4, -0.2) is 12.6 Å². The Bertz CT molecular complexity index is 267. The van der Waals surface area contributed by atoms with Crippen LogP contribution in [0, 0.1) is 6.92 Å². The van der Waals surface area contributed by atoms with Crippen molar-refractivity contribution in [1.29, 1.82) is 0 Å². The molecule has 0 aliphatic rings. The van der Waals surface area contributed by atoms with Gasteiger partial charge in [0.05, 0.1) is 6.21 Å². The number of rotatable bonds is 3. The van der Waals surface area contributed by atoms with E-state index in [1.165, 1.54) is 5.56 Å². The van der Waals surface area contributed by atoms with Crippen molar-refractivity contribution in [3.8, 4) is 0 Å². The van der Waals surface area contributed by atoms with Crippen LogP contribution in [0.1, 0.15) is 10.4 Å². The quantitative estimate of drug-likeness (QED) is 0.410. The first-order valence-electron chi connectivity index (χ1n) is 3.11. The molecule has 1 amide bonds. The van der Waals surface area contributed by atoms with Gasteiger partial charge in [-0.25, -0.2) is 5.43 Å². The summed E-state index contributed by atoms with van der Waals surface area (Å²) in [6.07, 6.45) is 2.17. The Labute approximate surface area is 68.7 Å². The molecule has 4 heteroatoms. The zero-order valence-corrected chi connectivity index (χ0v) is 6.89. The van der Waals surface area contributed by atoms with Crippen molar-refractivity contribution in [3.63, 3.8) is 0 Å². The van der Waals surface area contributed by atoms with Crippen molar-refractivity contribution in [2.24, 2.45) is 5.10 Å². The van der Waals surface area contributed by atoms with Gasteiger partial charge in [-0.2, -0.15) is 5.10 Å². The van der Waals surface area contributed by atoms with Crippen molar-refractivity contribution in [3.05, 3.63) is 21.9 Å². The maximum atomic E-state index is 9.80. The van der Waals surface area contributed by atoms with Gasteiger partial charge in [-0.05, 0) is 23.9 Å². The van der Waals surface area contributed by atoms with Crippen molar-refractivity contribution in [2.75, 3.05) is 0 Å². The molecule has 0 aliphatic carbocycles. The van der Waals surface area contributed by atoms with Gasteiger partial charge in [-0.1, -0.05) is 0 Å². The number of carbonyl (C=O) groups excluding carboxylic acids is 1. The van der Waals surface area contributed by atoms with Crippen molar-refractivity contribution < 1.29 is 4.79 Å². The Balaban J connectivity index is 2.63. The van der Waals surface area contributed by atoms with Crippen LogP contribution in [-0.2, 0) is 4.79 Å². The number of nitrogens with zero attached hydrogens (tertiary/aromatic N) is 1. The van der Waals surface area contributed by atoms with E-state index in [9.17, 15) is 4.79 Å². The summed E-state index contributed by atoms with van der Waals surface area (Å²) in [4.78, 5) is 10.9. The van der Waals surface area contributed by atoms with Crippen LogP contribution in [0.15, 0.2) is 16.5 Å². The van der Waals surface area contributed by atoms with Crippen LogP contribution in [0.4, 0.5) is 0 Å². The second-order valence-corrected chi connectivity index (χ2v) is 2.92. The lowest BCUT2D eigenvalue weighted by Crippen LogP contribution is -2.00. The van der Waals surface area contributed by atoms with Gasteiger partial charge in [0.1, 0.15) is 0 Å². The number of nitrogens with one attached hydrogen (secondary N) is 1. The van der Waals surface area contributed by atoms with Crippen molar-refractivity contribution >= 4 is 24.0 Å². The Morgan fingerprint density at radius 3 is 3.09 bits per heavy atom. The molecule has 1 aromatic rings. The summed E-state index contributed by atoms with van der Waals surface area (Å²) in [5, 5.41) is 5.64. The number of amides is 1. The highest BCUT2D eigenvalue weighted by molar-refractivity contribution is 7.11. The molecule has 0 saturated carbocycles. The van der Waals surface area contributed by atoms with Crippen LogP contribution in [0.25, 0.3) is 0 Å². The van der Waals surface area contributed by atoms with Gasteiger partial charge in [0.15, 0.2) is 0 Å². The molecule has 0 saturated heterocycles. The molecule has 1 N–H and O–H groups in total. The van der Waals surface area contributed by atoms with E-state index in [-0.39, 0.29) is 0 Å². The number of aryl methyl sites for hydroxylation is 1. The topological polar surface area (TPSA) is 41.5 Å². The molecule has 0 unspecified atom stereocenters. The Kier molecular flexibility index (Phi) is 2.80. The molecule has 0 atom stereocenters. The minimum absolute atomic E-state index is 0.541. The minimum Gasteiger partial charge on any atom is -0.277 e. The molecular weight excluding hydrogens is 160 g/mol. The van der Waals surface area contributed by atoms with Crippen LogP contribution in [0.3, 0.4) is 0 Å². The summed E-state index contributed by atoms with van der Waals surface area (Å²) < 4.78 is 0. The van der Waals surface area contributed by atoms with E-state index in [0.29, 0.717) is 6.41 Å². The molecule has 0 bridgehead atoms. The molecule has 0 fully saturated rings. The van der Waals surface area contributed by atoms with Crippen LogP contribution < -0.4 is 5.43 Å². The Hall–Kier alpha value is -1.16. The molecule has 58 valence electrons. The first kappa shape index (κ1) is 7.94. The average molecular weight is 168 g/mol. The second kappa shape index (κ2) is 3.88. The number of hydrazone groups is 1. The van der Waals surface area contributed by atoms with E-state index in [1.807, 2.05) is 18.4 Å². The summed E-state index contributed by atoms with van der Waals surface area (Å²) >= 11 is 1.59. The van der Waals surface area contributed by atoms with E-state index >= 15 is 0 Å².